The molecule has 24 heavy (non-hydrogen) atoms. The van der Waals surface area contributed by atoms with Crippen LogP contribution in [0.25, 0.3) is 0 Å². The summed E-state index contributed by atoms with van der Waals surface area (Å²) < 4.78 is 7.84. The quantitative estimate of drug-likeness (QED) is 0.789. The summed E-state index contributed by atoms with van der Waals surface area (Å²) in [5, 5.41) is 4.57. The predicted molar refractivity (Wildman–Crippen MR) is 92.0 cm³/mol. The average molecular weight is 392 g/mol. The Bertz CT molecular complexity index is 792. The standard InChI is InChI=1S/C16H18BrN5O2/c17-12-7-18-16(19-8-12)21-4-1-2-13(21)9-22-15(23)6-11-10-24-5-3-14(11)20-22/h6-8,13H,1-5,9-10H2. The highest BCUT2D eigenvalue weighted by molar-refractivity contribution is 9.10. The highest BCUT2D eigenvalue weighted by atomic mass is 79.9. The number of anilines is 1. The number of halogens is 1. The molecule has 0 aromatic carbocycles. The van der Waals surface area contributed by atoms with Crippen molar-refractivity contribution in [3.05, 3.63) is 44.5 Å². The number of aromatic nitrogens is 4. The van der Waals surface area contributed by atoms with Gasteiger partial charge in [0.05, 0.1) is 36.0 Å². The molecule has 0 radical (unpaired) electrons. The largest absolute Gasteiger partial charge is 0.376 e. The third-order valence-electron chi connectivity index (χ3n) is 4.53. The first-order valence-corrected chi connectivity index (χ1v) is 8.92. The van der Waals surface area contributed by atoms with Gasteiger partial charge >= 0.3 is 0 Å². The Hall–Kier alpha value is -1.80. The van der Waals surface area contributed by atoms with Crippen LogP contribution < -0.4 is 10.5 Å². The van der Waals surface area contributed by atoms with Gasteiger partial charge in [0.1, 0.15) is 0 Å². The monoisotopic (exact) mass is 391 g/mol. The van der Waals surface area contributed by atoms with Crippen LogP contribution in [0.1, 0.15) is 24.1 Å². The van der Waals surface area contributed by atoms with E-state index in [1.54, 1.807) is 23.1 Å². The third-order valence-corrected chi connectivity index (χ3v) is 4.94. The van der Waals surface area contributed by atoms with Crippen LogP contribution in [0.15, 0.2) is 27.7 Å². The van der Waals surface area contributed by atoms with E-state index < -0.39 is 0 Å². The van der Waals surface area contributed by atoms with Crippen LogP contribution in [-0.2, 0) is 24.3 Å². The van der Waals surface area contributed by atoms with Crippen LogP contribution in [-0.4, -0.2) is 38.9 Å². The summed E-state index contributed by atoms with van der Waals surface area (Å²) in [6.45, 7) is 2.62. The molecule has 0 spiro atoms. The molecule has 0 aliphatic carbocycles. The fraction of sp³-hybridized carbons (Fsp3) is 0.500. The summed E-state index contributed by atoms with van der Waals surface area (Å²) in [6, 6.07) is 1.85. The molecule has 4 heterocycles. The van der Waals surface area contributed by atoms with Crippen molar-refractivity contribution in [1.29, 1.82) is 0 Å². The van der Waals surface area contributed by atoms with E-state index in [0.717, 1.165) is 41.5 Å². The van der Waals surface area contributed by atoms with E-state index in [2.05, 4.69) is 35.9 Å². The van der Waals surface area contributed by atoms with E-state index in [9.17, 15) is 4.79 Å². The topological polar surface area (TPSA) is 73.1 Å². The molecule has 1 saturated heterocycles. The van der Waals surface area contributed by atoms with Crippen LogP contribution in [0.4, 0.5) is 5.95 Å². The second kappa shape index (κ2) is 6.60. The fourth-order valence-corrected chi connectivity index (χ4v) is 3.53. The SMILES string of the molecule is O=c1cc2c(nn1CC1CCCN1c1ncc(Br)cn1)CCOC2. The third kappa shape index (κ3) is 3.08. The Balaban J connectivity index is 1.58. The first-order valence-electron chi connectivity index (χ1n) is 8.12. The summed E-state index contributed by atoms with van der Waals surface area (Å²) in [5.74, 6) is 0.708. The first kappa shape index (κ1) is 15.7. The Morgan fingerprint density at radius 3 is 3.00 bits per heavy atom. The van der Waals surface area contributed by atoms with E-state index in [1.807, 2.05) is 0 Å². The molecular formula is C16H18BrN5O2. The molecular weight excluding hydrogens is 374 g/mol. The Kier molecular flexibility index (Phi) is 4.32. The molecule has 4 rings (SSSR count). The van der Waals surface area contributed by atoms with E-state index in [4.69, 9.17) is 4.74 Å². The molecule has 7 nitrogen and oxygen atoms in total. The highest BCUT2D eigenvalue weighted by Gasteiger charge is 2.28. The molecule has 0 bridgehead atoms. The lowest BCUT2D eigenvalue weighted by Crippen LogP contribution is -2.38. The van der Waals surface area contributed by atoms with Gasteiger partial charge in [-0.15, -0.1) is 0 Å². The minimum atomic E-state index is -0.0668. The van der Waals surface area contributed by atoms with Gasteiger partial charge in [-0.25, -0.2) is 14.6 Å². The van der Waals surface area contributed by atoms with Crippen molar-refractivity contribution in [3.8, 4) is 0 Å². The van der Waals surface area contributed by atoms with Gasteiger partial charge in [-0.05, 0) is 28.8 Å². The molecule has 2 aliphatic rings. The number of rotatable bonds is 3. The molecule has 126 valence electrons. The summed E-state index contributed by atoms with van der Waals surface area (Å²) in [6.07, 6.45) is 6.34. The van der Waals surface area contributed by atoms with Gasteiger partial charge < -0.3 is 9.64 Å². The van der Waals surface area contributed by atoms with Crippen molar-refractivity contribution in [3.63, 3.8) is 0 Å². The molecule has 0 saturated carbocycles. The number of hydrogen-bond acceptors (Lipinski definition) is 6. The lowest BCUT2D eigenvalue weighted by molar-refractivity contribution is 0.108. The van der Waals surface area contributed by atoms with Crippen molar-refractivity contribution in [2.75, 3.05) is 18.1 Å². The number of nitrogens with zero attached hydrogens (tertiary/aromatic N) is 5. The second-order valence-electron chi connectivity index (χ2n) is 6.13. The maximum Gasteiger partial charge on any atom is 0.267 e. The Morgan fingerprint density at radius 2 is 2.17 bits per heavy atom. The van der Waals surface area contributed by atoms with Crippen LogP contribution >= 0.6 is 15.9 Å². The second-order valence-corrected chi connectivity index (χ2v) is 7.05. The Morgan fingerprint density at radius 1 is 1.33 bits per heavy atom. The van der Waals surface area contributed by atoms with Gasteiger partial charge in [-0.3, -0.25) is 4.79 Å². The normalized spacial score (nSPS) is 20.2. The minimum Gasteiger partial charge on any atom is -0.376 e. The molecule has 0 amide bonds. The minimum absolute atomic E-state index is 0.0668. The highest BCUT2D eigenvalue weighted by Crippen LogP contribution is 2.23. The van der Waals surface area contributed by atoms with Crippen molar-refractivity contribution in [1.82, 2.24) is 19.7 Å². The summed E-state index contributed by atoms with van der Waals surface area (Å²) in [4.78, 5) is 23.3. The molecule has 2 aromatic rings. The fourth-order valence-electron chi connectivity index (χ4n) is 3.33. The van der Waals surface area contributed by atoms with Crippen LogP contribution in [0.2, 0.25) is 0 Å². The van der Waals surface area contributed by atoms with E-state index in [1.165, 1.54) is 0 Å². The van der Waals surface area contributed by atoms with Crippen molar-refractivity contribution in [2.24, 2.45) is 0 Å². The summed E-state index contributed by atoms with van der Waals surface area (Å²) in [5.41, 5.74) is 1.83. The zero-order chi connectivity index (χ0) is 16.5. The molecule has 1 fully saturated rings. The molecule has 0 N–H and O–H groups in total. The maximum absolute atomic E-state index is 12.4. The van der Waals surface area contributed by atoms with Crippen LogP contribution in [0.5, 0.6) is 0 Å². The lowest BCUT2D eigenvalue weighted by Gasteiger charge is -2.25. The van der Waals surface area contributed by atoms with E-state index in [0.29, 0.717) is 25.7 Å². The zero-order valence-corrected chi connectivity index (χ0v) is 14.8. The van der Waals surface area contributed by atoms with Gasteiger partial charge in [0.2, 0.25) is 5.95 Å². The van der Waals surface area contributed by atoms with Crippen LogP contribution in [0.3, 0.4) is 0 Å². The molecule has 1 atom stereocenters. The first-order chi connectivity index (χ1) is 11.7. The van der Waals surface area contributed by atoms with E-state index >= 15 is 0 Å². The van der Waals surface area contributed by atoms with Gasteiger partial charge in [-0.1, -0.05) is 0 Å². The predicted octanol–water partition coefficient (Wildman–Crippen LogP) is 1.54. The van der Waals surface area contributed by atoms with Crippen molar-refractivity contribution < 1.29 is 4.74 Å². The van der Waals surface area contributed by atoms with Crippen LogP contribution in [0, 0.1) is 0 Å². The molecule has 1 unspecified atom stereocenters. The molecule has 8 heteroatoms. The van der Waals surface area contributed by atoms with Crippen molar-refractivity contribution >= 4 is 21.9 Å². The average Bonchev–Trinajstić information content (AvgIpc) is 3.04. The zero-order valence-electron chi connectivity index (χ0n) is 13.2. The maximum atomic E-state index is 12.4. The van der Waals surface area contributed by atoms with Gasteiger partial charge in [0.25, 0.3) is 5.56 Å². The van der Waals surface area contributed by atoms with Crippen molar-refractivity contribution in [2.45, 2.75) is 38.5 Å². The number of fused-ring (bicyclic) bond motifs is 1. The molecule has 2 aromatic heterocycles. The summed E-state index contributed by atoms with van der Waals surface area (Å²) >= 11 is 3.36. The Labute approximate surface area is 147 Å². The van der Waals surface area contributed by atoms with Gasteiger partial charge in [0.15, 0.2) is 0 Å². The smallest absolute Gasteiger partial charge is 0.267 e. The number of hydrogen-bond donors (Lipinski definition) is 0. The lowest BCUT2D eigenvalue weighted by atomic mass is 10.1. The van der Waals surface area contributed by atoms with E-state index in [-0.39, 0.29) is 11.6 Å². The molecule has 2 aliphatic heterocycles. The number of ether oxygens (including phenoxy) is 1. The van der Waals surface area contributed by atoms with Gasteiger partial charge in [0, 0.05) is 37.0 Å². The summed E-state index contributed by atoms with van der Waals surface area (Å²) in [7, 11) is 0. The van der Waals surface area contributed by atoms with Gasteiger partial charge in [-0.2, -0.15) is 5.10 Å².